The van der Waals surface area contributed by atoms with Crippen molar-refractivity contribution in [1.29, 1.82) is 0 Å². The van der Waals surface area contributed by atoms with Gasteiger partial charge in [0, 0.05) is 6.07 Å². The molecule has 0 radical (unpaired) electrons. The van der Waals surface area contributed by atoms with E-state index in [1.807, 2.05) is 13.0 Å². The molecule has 0 aromatic carbocycles. The highest BCUT2D eigenvalue weighted by molar-refractivity contribution is 5.26. The van der Waals surface area contributed by atoms with Crippen LogP contribution in [0.3, 0.4) is 0 Å². The van der Waals surface area contributed by atoms with E-state index in [0.29, 0.717) is 11.9 Å². The molecule has 1 heterocycles. The first-order valence-electron chi connectivity index (χ1n) is 3.79. The van der Waals surface area contributed by atoms with Crippen LogP contribution < -0.4 is 4.74 Å². The Hall–Kier alpha value is -0.920. The summed E-state index contributed by atoms with van der Waals surface area (Å²) in [6.07, 6.45) is 0. The fourth-order valence-electron chi connectivity index (χ4n) is 1.14. The summed E-state index contributed by atoms with van der Waals surface area (Å²) in [5.74, 6) is 2.06. The minimum absolute atomic E-state index is 0.502. The molecule has 0 atom stereocenters. The van der Waals surface area contributed by atoms with Crippen molar-refractivity contribution >= 4 is 0 Å². The van der Waals surface area contributed by atoms with Crippen molar-refractivity contribution in [2.45, 2.75) is 26.7 Å². The molecule has 0 aliphatic rings. The Balaban J connectivity index is 2.97. The lowest BCUT2D eigenvalue weighted by atomic mass is 10.1. The first-order valence-corrected chi connectivity index (χ1v) is 3.79. The van der Waals surface area contributed by atoms with Crippen molar-refractivity contribution in [3.63, 3.8) is 0 Å². The Kier molecular flexibility index (Phi) is 2.22. The highest BCUT2D eigenvalue weighted by atomic mass is 16.6. The Morgan fingerprint density at radius 1 is 1.45 bits per heavy atom. The van der Waals surface area contributed by atoms with Crippen LogP contribution in [0, 0.1) is 6.92 Å². The van der Waals surface area contributed by atoms with Gasteiger partial charge in [0.1, 0.15) is 5.76 Å². The molecule has 1 aromatic rings. The van der Waals surface area contributed by atoms with Crippen molar-refractivity contribution in [1.82, 2.24) is 0 Å². The summed E-state index contributed by atoms with van der Waals surface area (Å²) in [7, 11) is 1.61. The van der Waals surface area contributed by atoms with Crippen LogP contribution in [-0.2, 0) is 0 Å². The molecular weight excluding hydrogens is 140 g/mol. The first-order chi connectivity index (χ1) is 5.15. The van der Waals surface area contributed by atoms with Gasteiger partial charge in [0.25, 0.3) is 5.95 Å². The SMILES string of the molecule is COc1cc(C(C)C)c(C)o1. The van der Waals surface area contributed by atoms with Crippen LogP contribution in [0.25, 0.3) is 0 Å². The van der Waals surface area contributed by atoms with E-state index in [1.54, 1.807) is 7.11 Å². The number of hydrogen-bond acceptors (Lipinski definition) is 2. The number of hydrogen-bond donors (Lipinski definition) is 0. The van der Waals surface area contributed by atoms with Gasteiger partial charge in [0.2, 0.25) is 0 Å². The lowest BCUT2D eigenvalue weighted by molar-refractivity contribution is 0.298. The number of methoxy groups -OCH3 is 1. The summed E-state index contributed by atoms with van der Waals surface area (Å²) in [6, 6.07) is 1.94. The lowest BCUT2D eigenvalue weighted by Crippen LogP contribution is -1.85. The molecule has 2 nitrogen and oxygen atoms in total. The van der Waals surface area contributed by atoms with Gasteiger partial charge in [0.15, 0.2) is 0 Å². The average Bonchev–Trinajstić information content (AvgIpc) is 2.30. The van der Waals surface area contributed by atoms with Crippen molar-refractivity contribution < 1.29 is 9.15 Å². The third-order valence-electron chi connectivity index (χ3n) is 1.76. The van der Waals surface area contributed by atoms with Crippen molar-refractivity contribution in [2.24, 2.45) is 0 Å². The molecule has 0 spiro atoms. The second-order valence-electron chi connectivity index (χ2n) is 2.94. The number of furan rings is 1. The Morgan fingerprint density at radius 2 is 2.09 bits per heavy atom. The van der Waals surface area contributed by atoms with Crippen LogP contribution in [0.4, 0.5) is 0 Å². The standard InChI is InChI=1S/C9H14O2/c1-6(2)8-5-9(10-4)11-7(8)3/h5-6H,1-4H3. The highest BCUT2D eigenvalue weighted by Gasteiger charge is 2.09. The maximum Gasteiger partial charge on any atom is 0.284 e. The Morgan fingerprint density at radius 3 is 2.36 bits per heavy atom. The van der Waals surface area contributed by atoms with E-state index in [1.165, 1.54) is 5.56 Å². The summed E-state index contributed by atoms with van der Waals surface area (Å²) in [6.45, 7) is 6.23. The van der Waals surface area contributed by atoms with Crippen LogP contribution in [0.5, 0.6) is 5.95 Å². The zero-order valence-electron chi connectivity index (χ0n) is 7.47. The van der Waals surface area contributed by atoms with E-state index >= 15 is 0 Å². The molecule has 0 N–H and O–H groups in total. The van der Waals surface area contributed by atoms with E-state index in [9.17, 15) is 0 Å². The summed E-state index contributed by atoms with van der Waals surface area (Å²) in [5, 5.41) is 0. The van der Waals surface area contributed by atoms with Crippen LogP contribution in [0.15, 0.2) is 10.5 Å². The maximum absolute atomic E-state index is 5.30. The zero-order valence-corrected chi connectivity index (χ0v) is 7.47. The molecule has 1 rings (SSSR count). The van der Waals surface area contributed by atoms with Gasteiger partial charge in [0.05, 0.1) is 7.11 Å². The summed E-state index contributed by atoms with van der Waals surface area (Å²) < 4.78 is 10.3. The molecule has 11 heavy (non-hydrogen) atoms. The Labute approximate surface area is 67.2 Å². The highest BCUT2D eigenvalue weighted by Crippen LogP contribution is 2.26. The molecule has 1 aromatic heterocycles. The molecule has 0 saturated heterocycles. The Bertz CT molecular complexity index is 236. The predicted molar refractivity (Wildman–Crippen MR) is 44.1 cm³/mol. The smallest absolute Gasteiger partial charge is 0.284 e. The van der Waals surface area contributed by atoms with Gasteiger partial charge >= 0.3 is 0 Å². The van der Waals surface area contributed by atoms with E-state index in [4.69, 9.17) is 9.15 Å². The molecule has 0 fully saturated rings. The average molecular weight is 154 g/mol. The molecule has 0 bridgehead atoms. The summed E-state index contributed by atoms with van der Waals surface area (Å²) >= 11 is 0. The quantitative estimate of drug-likeness (QED) is 0.653. The third kappa shape index (κ3) is 1.56. The van der Waals surface area contributed by atoms with Crippen LogP contribution >= 0.6 is 0 Å². The number of aryl methyl sites for hydroxylation is 1. The van der Waals surface area contributed by atoms with Crippen LogP contribution in [0.2, 0.25) is 0 Å². The topological polar surface area (TPSA) is 22.4 Å². The number of ether oxygens (including phenoxy) is 1. The summed E-state index contributed by atoms with van der Waals surface area (Å²) in [5.41, 5.74) is 1.22. The van der Waals surface area contributed by atoms with E-state index in [-0.39, 0.29) is 0 Å². The monoisotopic (exact) mass is 154 g/mol. The lowest BCUT2D eigenvalue weighted by Gasteiger charge is -1.98. The van der Waals surface area contributed by atoms with E-state index < -0.39 is 0 Å². The van der Waals surface area contributed by atoms with Gasteiger partial charge in [-0.3, -0.25) is 0 Å². The molecular formula is C9H14O2. The largest absolute Gasteiger partial charge is 0.468 e. The van der Waals surface area contributed by atoms with Gasteiger partial charge in [-0.05, 0) is 18.4 Å². The van der Waals surface area contributed by atoms with E-state index in [0.717, 1.165) is 5.76 Å². The molecule has 62 valence electrons. The van der Waals surface area contributed by atoms with Gasteiger partial charge in [-0.15, -0.1) is 0 Å². The van der Waals surface area contributed by atoms with Crippen molar-refractivity contribution in [2.75, 3.05) is 7.11 Å². The van der Waals surface area contributed by atoms with Crippen LogP contribution in [-0.4, -0.2) is 7.11 Å². The van der Waals surface area contributed by atoms with E-state index in [2.05, 4.69) is 13.8 Å². The predicted octanol–water partition coefficient (Wildman–Crippen LogP) is 2.72. The fraction of sp³-hybridized carbons (Fsp3) is 0.556. The van der Waals surface area contributed by atoms with Crippen LogP contribution in [0.1, 0.15) is 31.1 Å². The molecule has 0 amide bonds. The van der Waals surface area contributed by atoms with Gasteiger partial charge in [-0.2, -0.15) is 0 Å². The minimum Gasteiger partial charge on any atom is -0.468 e. The fourth-order valence-corrected chi connectivity index (χ4v) is 1.14. The second-order valence-corrected chi connectivity index (χ2v) is 2.94. The molecule has 0 unspecified atom stereocenters. The van der Waals surface area contributed by atoms with Gasteiger partial charge < -0.3 is 9.15 Å². The van der Waals surface area contributed by atoms with Crippen molar-refractivity contribution in [3.8, 4) is 5.95 Å². The summed E-state index contributed by atoms with van der Waals surface area (Å²) in [4.78, 5) is 0. The van der Waals surface area contributed by atoms with Gasteiger partial charge in [-0.25, -0.2) is 0 Å². The van der Waals surface area contributed by atoms with Gasteiger partial charge in [-0.1, -0.05) is 13.8 Å². The minimum atomic E-state index is 0.502. The maximum atomic E-state index is 5.30. The molecule has 2 heteroatoms. The first kappa shape index (κ1) is 8.18. The molecule has 0 saturated carbocycles. The molecule has 0 aliphatic heterocycles. The normalized spacial score (nSPS) is 10.6. The number of rotatable bonds is 2. The molecule has 0 aliphatic carbocycles. The second kappa shape index (κ2) is 2.99. The van der Waals surface area contributed by atoms with Crippen molar-refractivity contribution in [3.05, 3.63) is 17.4 Å². The third-order valence-corrected chi connectivity index (χ3v) is 1.76. The zero-order chi connectivity index (χ0) is 8.43.